The van der Waals surface area contributed by atoms with Crippen LogP contribution in [0.15, 0.2) is 18.2 Å². The number of morpholine rings is 1. The van der Waals surface area contributed by atoms with E-state index < -0.39 is 5.91 Å². The summed E-state index contributed by atoms with van der Waals surface area (Å²) in [5, 5.41) is 9.23. The van der Waals surface area contributed by atoms with Crippen molar-refractivity contribution in [2.75, 3.05) is 30.3 Å². The van der Waals surface area contributed by atoms with Crippen LogP contribution in [0.2, 0.25) is 0 Å². The van der Waals surface area contributed by atoms with Crippen molar-refractivity contribution in [2.24, 2.45) is 5.73 Å². The fourth-order valence-electron chi connectivity index (χ4n) is 2.37. The van der Waals surface area contributed by atoms with Gasteiger partial charge in [0.2, 0.25) is 0 Å². The van der Waals surface area contributed by atoms with E-state index in [0.29, 0.717) is 24.3 Å². The highest BCUT2D eigenvalue weighted by atomic mass is 16.5. The molecular formula is C13H19N3O3. The molecule has 0 saturated carbocycles. The van der Waals surface area contributed by atoms with Crippen molar-refractivity contribution in [1.29, 1.82) is 0 Å². The number of carbonyl (C=O) groups is 1. The number of anilines is 2. The largest absolute Gasteiger partial charge is 0.399 e. The molecule has 0 aromatic heterocycles. The summed E-state index contributed by atoms with van der Waals surface area (Å²) in [4.78, 5) is 13.5. The van der Waals surface area contributed by atoms with E-state index in [2.05, 4.69) is 0 Å². The van der Waals surface area contributed by atoms with Gasteiger partial charge in [-0.05, 0) is 25.1 Å². The van der Waals surface area contributed by atoms with E-state index in [-0.39, 0.29) is 18.8 Å². The van der Waals surface area contributed by atoms with Crippen molar-refractivity contribution in [3.05, 3.63) is 23.8 Å². The number of nitrogens with zero attached hydrogens (tertiary/aromatic N) is 1. The molecule has 2 atom stereocenters. The van der Waals surface area contributed by atoms with Crippen LogP contribution in [-0.2, 0) is 4.74 Å². The van der Waals surface area contributed by atoms with Gasteiger partial charge >= 0.3 is 0 Å². The number of benzene rings is 1. The second kappa shape index (κ2) is 5.46. The van der Waals surface area contributed by atoms with Gasteiger partial charge < -0.3 is 26.2 Å². The van der Waals surface area contributed by atoms with Crippen LogP contribution >= 0.6 is 0 Å². The van der Waals surface area contributed by atoms with Crippen LogP contribution in [0, 0.1) is 0 Å². The summed E-state index contributed by atoms with van der Waals surface area (Å²) >= 11 is 0. The number of rotatable bonds is 3. The zero-order valence-corrected chi connectivity index (χ0v) is 10.9. The van der Waals surface area contributed by atoms with Crippen molar-refractivity contribution >= 4 is 17.3 Å². The third-order valence-corrected chi connectivity index (χ3v) is 3.16. The smallest absolute Gasteiger partial charge is 0.250 e. The zero-order chi connectivity index (χ0) is 14.0. The second-order valence-electron chi connectivity index (χ2n) is 4.80. The predicted molar refractivity (Wildman–Crippen MR) is 73.0 cm³/mol. The van der Waals surface area contributed by atoms with Crippen molar-refractivity contribution in [3.63, 3.8) is 0 Å². The Hall–Kier alpha value is -1.79. The van der Waals surface area contributed by atoms with Gasteiger partial charge in [0.15, 0.2) is 0 Å². The molecule has 1 aromatic rings. The number of carbonyl (C=O) groups excluding carboxylic acids is 1. The fourth-order valence-corrected chi connectivity index (χ4v) is 2.37. The molecular weight excluding hydrogens is 246 g/mol. The number of aliphatic hydroxyl groups is 1. The number of hydrogen-bond acceptors (Lipinski definition) is 5. The minimum absolute atomic E-state index is 0.0239. The van der Waals surface area contributed by atoms with Gasteiger partial charge in [-0.2, -0.15) is 0 Å². The molecule has 0 spiro atoms. The summed E-state index contributed by atoms with van der Waals surface area (Å²) in [6.45, 7) is 3.03. The number of hydrogen-bond donors (Lipinski definition) is 3. The molecule has 1 heterocycles. The van der Waals surface area contributed by atoms with Crippen molar-refractivity contribution in [2.45, 2.75) is 19.1 Å². The summed E-state index contributed by atoms with van der Waals surface area (Å²) in [6, 6.07) is 5.09. The standard InChI is InChI=1S/C13H19N3O3/c1-8-5-16(6-10(7-17)19-8)12-3-2-9(14)4-11(12)13(15)18/h2-4,8,10,17H,5-7,14H2,1H3,(H2,15,18). The summed E-state index contributed by atoms with van der Waals surface area (Å²) in [6.07, 6.45) is -0.286. The van der Waals surface area contributed by atoms with Gasteiger partial charge in [0.05, 0.1) is 24.4 Å². The van der Waals surface area contributed by atoms with Gasteiger partial charge in [0.25, 0.3) is 5.91 Å². The highest BCUT2D eigenvalue weighted by molar-refractivity contribution is 5.99. The molecule has 6 nitrogen and oxygen atoms in total. The Kier molecular flexibility index (Phi) is 3.92. The van der Waals surface area contributed by atoms with Crippen LogP contribution < -0.4 is 16.4 Å². The average Bonchev–Trinajstić information content (AvgIpc) is 2.37. The third-order valence-electron chi connectivity index (χ3n) is 3.16. The number of nitrogens with two attached hydrogens (primary N) is 2. The van der Waals surface area contributed by atoms with Crippen LogP contribution in [0.5, 0.6) is 0 Å². The Morgan fingerprint density at radius 1 is 1.53 bits per heavy atom. The third kappa shape index (κ3) is 2.97. The van der Waals surface area contributed by atoms with E-state index in [9.17, 15) is 9.90 Å². The maximum absolute atomic E-state index is 11.5. The fraction of sp³-hybridized carbons (Fsp3) is 0.462. The molecule has 1 aliphatic heterocycles. The van der Waals surface area contributed by atoms with Crippen molar-refractivity contribution in [3.8, 4) is 0 Å². The minimum atomic E-state index is -0.512. The minimum Gasteiger partial charge on any atom is -0.399 e. The average molecular weight is 265 g/mol. The van der Waals surface area contributed by atoms with Gasteiger partial charge in [-0.1, -0.05) is 0 Å². The molecule has 1 amide bonds. The van der Waals surface area contributed by atoms with Crippen LogP contribution in [0.25, 0.3) is 0 Å². The van der Waals surface area contributed by atoms with Crippen LogP contribution in [0.4, 0.5) is 11.4 Å². The molecule has 6 heteroatoms. The summed E-state index contributed by atoms with van der Waals surface area (Å²) in [5.41, 5.74) is 12.7. The number of primary amides is 1. The lowest BCUT2D eigenvalue weighted by Crippen LogP contribution is -2.48. The van der Waals surface area contributed by atoms with Gasteiger partial charge in [-0.15, -0.1) is 0 Å². The Balaban J connectivity index is 2.32. The Morgan fingerprint density at radius 3 is 2.89 bits per heavy atom. The summed E-state index contributed by atoms with van der Waals surface area (Å²) in [5.74, 6) is -0.512. The van der Waals surface area contributed by atoms with E-state index in [0.717, 1.165) is 5.69 Å². The molecule has 1 saturated heterocycles. The molecule has 2 rings (SSSR count). The molecule has 1 aromatic carbocycles. The van der Waals surface area contributed by atoms with Crippen LogP contribution in [0.1, 0.15) is 17.3 Å². The normalized spacial score (nSPS) is 23.4. The van der Waals surface area contributed by atoms with Crippen molar-refractivity contribution in [1.82, 2.24) is 0 Å². The van der Waals surface area contributed by atoms with E-state index in [1.807, 2.05) is 11.8 Å². The SMILES string of the molecule is CC1CN(c2ccc(N)cc2C(N)=O)CC(CO)O1. The number of nitrogen functional groups attached to an aromatic ring is 1. The highest BCUT2D eigenvalue weighted by Gasteiger charge is 2.27. The Bertz CT molecular complexity index is 478. The molecule has 5 N–H and O–H groups in total. The lowest BCUT2D eigenvalue weighted by atomic mass is 10.1. The number of amides is 1. The zero-order valence-electron chi connectivity index (χ0n) is 10.9. The maximum Gasteiger partial charge on any atom is 0.250 e. The molecule has 19 heavy (non-hydrogen) atoms. The molecule has 1 aliphatic rings. The Morgan fingerprint density at radius 2 is 2.26 bits per heavy atom. The quantitative estimate of drug-likeness (QED) is 0.665. The van der Waals surface area contributed by atoms with Crippen LogP contribution in [-0.4, -0.2) is 42.9 Å². The van der Waals surface area contributed by atoms with E-state index in [4.69, 9.17) is 16.2 Å². The van der Waals surface area contributed by atoms with Crippen molar-refractivity contribution < 1.29 is 14.6 Å². The molecule has 0 aliphatic carbocycles. The highest BCUT2D eigenvalue weighted by Crippen LogP contribution is 2.26. The first kappa shape index (κ1) is 13.6. The van der Waals surface area contributed by atoms with Gasteiger partial charge in [-0.3, -0.25) is 4.79 Å². The number of ether oxygens (including phenoxy) is 1. The summed E-state index contributed by atoms with van der Waals surface area (Å²) < 4.78 is 5.58. The van der Waals surface area contributed by atoms with Gasteiger partial charge in [0.1, 0.15) is 0 Å². The number of aliphatic hydroxyl groups excluding tert-OH is 1. The van der Waals surface area contributed by atoms with E-state index in [1.165, 1.54) is 0 Å². The topological polar surface area (TPSA) is 102 Å². The first-order valence-electron chi connectivity index (χ1n) is 6.22. The van der Waals surface area contributed by atoms with Gasteiger partial charge in [0, 0.05) is 24.5 Å². The molecule has 104 valence electrons. The molecule has 2 unspecified atom stereocenters. The van der Waals surface area contributed by atoms with E-state index in [1.54, 1.807) is 18.2 Å². The molecule has 0 bridgehead atoms. The lowest BCUT2D eigenvalue weighted by Gasteiger charge is -2.38. The monoisotopic (exact) mass is 265 g/mol. The Labute approximate surface area is 111 Å². The van der Waals surface area contributed by atoms with Crippen LogP contribution in [0.3, 0.4) is 0 Å². The molecule has 1 fully saturated rings. The van der Waals surface area contributed by atoms with Gasteiger partial charge in [-0.25, -0.2) is 0 Å². The molecule has 0 radical (unpaired) electrons. The first-order valence-corrected chi connectivity index (χ1v) is 6.22. The van der Waals surface area contributed by atoms with E-state index >= 15 is 0 Å². The second-order valence-corrected chi connectivity index (χ2v) is 4.80. The maximum atomic E-state index is 11.5. The summed E-state index contributed by atoms with van der Waals surface area (Å²) in [7, 11) is 0. The first-order chi connectivity index (χ1) is 9.01. The predicted octanol–water partition coefficient (Wildman–Crippen LogP) is -0.0463. The lowest BCUT2D eigenvalue weighted by molar-refractivity contribution is -0.0421.